The summed E-state index contributed by atoms with van der Waals surface area (Å²) in [7, 11) is 0. The number of ether oxygens (including phenoxy) is 1. The Labute approximate surface area is 123 Å². The van der Waals surface area contributed by atoms with Gasteiger partial charge in [0.2, 0.25) is 0 Å². The maximum Gasteiger partial charge on any atom is 0.125 e. The van der Waals surface area contributed by atoms with Crippen LogP contribution in [-0.4, -0.2) is 17.3 Å². The van der Waals surface area contributed by atoms with E-state index in [9.17, 15) is 5.11 Å². The minimum Gasteiger partial charge on any atom is -0.487 e. The Hall–Kier alpha value is -1.02. The summed E-state index contributed by atoms with van der Waals surface area (Å²) in [6.45, 7) is 8.68. The number of aryl methyl sites for hydroxylation is 1. The van der Waals surface area contributed by atoms with Gasteiger partial charge in [-0.05, 0) is 55.2 Å². The van der Waals surface area contributed by atoms with Crippen LogP contribution in [0.15, 0.2) is 18.2 Å². The fourth-order valence-corrected chi connectivity index (χ4v) is 3.08. The number of hydrogen-bond acceptors (Lipinski definition) is 2. The molecule has 3 unspecified atom stereocenters. The van der Waals surface area contributed by atoms with Crippen molar-refractivity contribution in [3.63, 3.8) is 0 Å². The topological polar surface area (TPSA) is 29.5 Å². The molecule has 1 saturated carbocycles. The van der Waals surface area contributed by atoms with Crippen LogP contribution in [0.3, 0.4) is 0 Å². The Morgan fingerprint density at radius 2 is 2.05 bits per heavy atom. The van der Waals surface area contributed by atoms with Crippen molar-refractivity contribution in [3.05, 3.63) is 29.3 Å². The van der Waals surface area contributed by atoms with Crippen LogP contribution in [0, 0.1) is 12.8 Å². The molecular formula is C18H28O2. The van der Waals surface area contributed by atoms with Crippen LogP contribution in [0.25, 0.3) is 0 Å². The Morgan fingerprint density at radius 1 is 1.30 bits per heavy atom. The quantitative estimate of drug-likeness (QED) is 0.881. The number of hydrogen-bond donors (Lipinski definition) is 1. The monoisotopic (exact) mass is 276 g/mol. The van der Waals surface area contributed by atoms with Gasteiger partial charge in [0.25, 0.3) is 0 Å². The molecule has 1 N–H and O–H groups in total. The molecule has 2 rings (SSSR count). The van der Waals surface area contributed by atoms with Gasteiger partial charge in [-0.15, -0.1) is 0 Å². The molecule has 112 valence electrons. The van der Waals surface area contributed by atoms with Gasteiger partial charge in [0.15, 0.2) is 0 Å². The zero-order valence-corrected chi connectivity index (χ0v) is 13.2. The molecule has 0 bridgehead atoms. The third-order valence-corrected chi connectivity index (χ3v) is 4.51. The van der Waals surface area contributed by atoms with E-state index < -0.39 is 0 Å². The molecule has 1 aromatic carbocycles. The highest BCUT2D eigenvalue weighted by Crippen LogP contribution is 2.33. The molecule has 1 fully saturated rings. The van der Waals surface area contributed by atoms with Gasteiger partial charge in [0.05, 0.1) is 6.10 Å². The maximum absolute atomic E-state index is 10.2. The van der Waals surface area contributed by atoms with Gasteiger partial charge in [0.1, 0.15) is 11.9 Å². The first-order valence-corrected chi connectivity index (χ1v) is 7.96. The lowest BCUT2D eigenvalue weighted by molar-refractivity contribution is -0.0114. The number of aliphatic hydroxyl groups is 1. The van der Waals surface area contributed by atoms with Crippen molar-refractivity contribution in [1.82, 2.24) is 0 Å². The molecule has 0 saturated heterocycles. The first-order valence-electron chi connectivity index (χ1n) is 7.96. The molecule has 2 heteroatoms. The van der Waals surface area contributed by atoms with E-state index >= 15 is 0 Å². The van der Waals surface area contributed by atoms with Crippen molar-refractivity contribution in [2.24, 2.45) is 5.92 Å². The van der Waals surface area contributed by atoms with Crippen LogP contribution in [0.5, 0.6) is 5.75 Å². The first-order chi connectivity index (χ1) is 9.51. The van der Waals surface area contributed by atoms with E-state index in [4.69, 9.17) is 4.74 Å². The van der Waals surface area contributed by atoms with E-state index in [-0.39, 0.29) is 12.2 Å². The minimum absolute atomic E-state index is 0.0481. The molecule has 0 aromatic heterocycles. The van der Waals surface area contributed by atoms with Crippen molar-refractivity contribution in [3.8, 4) is 5.75 Å². The minimum atomic E-state index is -0.321. The summed E-state index contributed by atoms with van der Waals surface area (Å²) in [6, 6.07) is 6.40. The van der Waals surface area contributed by atoms with Gasteiger partial charge < -0.3 is 9.84 Å². The van der Waals surface area contributed by atoms with E-state index in [0.717, 1.165) is 25.0 Å². The predicted molar refractivity (Wildman–Crippen MR) is 83.3 cm³/mol. The molecule has 1 aliphatic carbocycles. The van der Waals surface area contributed by atoms with Crippen LogP contribution in [0.1, 0.15) is 63.5 Å². The van der Waals surface area contributed by atoms with E-state index in [1.165, 1.54) is 17.5 Å². The highest BCUT2D eigenvalue weighted by atomic mass is 16.5. The SMILES string of the molecule is CCC1CCC(O)C(Oc2cc(C)ccc2C(C)C)C1. The van der Waals surface area contributed by atoms with Gasteiger partial charge in [-0.25, -0.2) is 0 Å². The summed E-state index contributed by atoms with van der Waals surface area (Å²) in [6.07, 6.45) is 3.78. The van der Waals surface area contributed by atoms with E-state index in [1.54, 1.807) is 0 Å². The fraction of sp³-hybridized carbons (Fsp3) is 0.667. The molecule has 20 heavy (non-hydrogen) atoms. The van der Waals surface area contributed by atoms with Crippen molar-refractivity contribution in [2.75, 3.05) is 0 Å². The lowest BCUT2D eigenvalue weighted by Gasteiger charge is -2.34. The lowest BCUT2D eigenvalue weighted by Crippen LogP contribution is -2.38. The summed E-state index contributed by atoms with van der Waals surface area (Å²) in [5, 5.41) is 10.2. The van der Waals surface area contributed by atoms with Gasteiger partial charge in [-0.3, -0.25) is 0 Å². The summed E-state index contributed by atoms with van der Waals surface area (Å²) in [5.74, 6) is 2.09. The Morgan fingerprint density at radius 3 is 2.70 bits per heavy atom. The Bertz CT molecular complexity index is 439. The summed E-state index contributed by atoms with van der Waals surface area (Å²) >= 11 is 0. The fourth-order valence-electron chi connectivity index (χ4n) is 3.08. The van der Waals surface area contributed by atoms with Crippen LogP contribution in [-0.2, 0) is 0 Å². The molecule has 0 amide bonds. The van der Waals surface area contributed by atoms with Crippen LogP contribution in [0.4, 0.5) is 0 Å². The second-order valence-corrected chi connectivity index (χ2v) is 6.51. The second kappa shape index (κ2) is 6.62. The molecule has 1 aliphatic rings. The molecule has 0 radical (unpaired) electrons. The second-order valence-electron chi connectivity index (χ2n) is 6.51. The summed E-state index contributed by atoms with van der Waals surface area (Å²) in [4.78, 5) is 0. The van der Waals surface area contributed by atoms with Gasteiger partial charge in [0, 0.05) is 0 Å². The highest BCUT2D eigenvalue weighted by molar-refractivity contribution is 5.39. The zero-order chi connectivity index (χ0) is 14.7. The highest BCUT2D eigenvalue weighted by Gasteiger charge is 2.30. The maximum atomic E-state index is 10.2. The van der Waals surface area contributed by atoms with Crippen LogP contribution in [0.2, 0.25) is 0 Å². The van der Waals surface area contributed by atoms with Crippen molar-refractivity contribution < 1.29 is 9.84 Å². The van der Waals surface area contributed by atoms with E-state index in [1.807, 2.05) is 0 Å². The molecular weight excluding hydrogens is 248 g/mol. The number of benzene rings is 1. The standard InChI is InChI=1S/C18H28O2/c1-5-14-7-9-16(19)18(11-14)20-17-10-13(4)6-8-15(17)12(2)3/h6,8,10,12,14,16,18-19H,5,7,9,11H2,1-4H3. The number of aliphatic hydroxyl groups excluding tert-OH is 1. The Kier molecular flexibility index (Phi) is 5.09. The molecule has 2 nitrogen and oxygen atoms in total. The van der Waals surface area contributed by atoms with Crippen molar-refractivity contribution in [2.45, 2.75) is 71.5 Å². The third-order valence-electron chi connectivity index (χ3n) is 4.51. The summed E-state index contributed by atoms with van der Waals surface area (Å²) < 4.78 is 6.22. The van der Waals surface area contributed by atoms with Crippen LogP contribution < -0.4 is 4.74 Å². The normalized spacial score (nSPS) is 26.8. The van der Waals surface area contributed by atoms with Crippen molar-refractivity contribution >= 4 is 0 Å². The molecule has 0 heterocycles. The smallest absolute Gasteiger partial charge is 0.125 e. The average Bonchev–Trinajstić information content (AvgIpc) is 2.41. The van der Waals surface area contributed by atoms with Gasteiger partial charge in [-0.2, -0.15) is 0 Å². The lowest BCUT2D eigenvalue weighted by atomic mass is 9.84. The van der Waals surface area contributed by atoms with Gasteiger partial charge >= 0.3 is 0 Å². The predicted octanol–water partition coefficient (Wildman–Crippen LogP) is 4.44. The molecule has 0 aliphatic heterocycles. The molecule has 0 spiro atoms. The van der Waals surface area contributed by atoms with Crippen molar-refractivity contribution in [1.29, 1.82) is 0 Å². The number of rotatable bonds is 4. The van der Waals surface area contributed by atoms with E-state index in [2.05, 4.69) is 45.9 Å². The average molecular weight is 276 g/mol. The summed E-state index contributed by atoms with van der Waals surface area (Å²) in [5.41, 5.74) is 2.45. The zero-order valence-electron chi connectivity index (χ0n) is 13.2. The molecule has 1 aromatic rings. The van der Waals surface area contributed by atoms with Gasteiger partial charge in [-0.1, -0.05) is 39.3 Å². The Balaban J connectivity index is 2.17. The van der Waals surface area contributed by atoms with E-state index in [0.29, 0.717) is 11.8 Å². The molecule has 3 atom stereocenters. The first kappa shape index (κ1) is 15.4. The largest absolute Gasteiger partial charge is 0.487 e. The third kappa shape index (κ3) is 3.54. The van der Waals surface area contributed by atoms with Crippen LogP contribution >= 0.6 is 0 Å².